The molecule has 2 saturated heterocycles. The molecule has 39 heavy (non-hydrogen) atoms. The van der Waals surface area contributed by atoms with E-state index in [-0.39, 0.29) is 17.5 Å². The van der Waals surface area contributed by atoms with Gasteiger partial charge in [0.15, 0.2) is 11.6 Å². The van der Waals surface area contributed by atoms with Crippen molar-refractivity contribution in [3.63, 3.8) is 0 Å². The van der Waals surface area contributed by atoms with Crippen molar-refractivity contribution in [1.82, 2.24) is 15.3 Å². The predicted octanol–water partition coefficient (Wildman–Crippen LogP) is 4.49. The normalized spacial score (nSPS) is 19.5. The van der Waals surface area contributed by atoms with Crippen LogP contribution >= 0.6 is 0 Å². The second kappa shape index (κ2) is 11.3. The number of aromatic nitrogens is 2. The minimum atomic E-state index is -5.01. The molecule has 2 aliphatic heterocycles. The Kier molecular flexibility index (Phi) is 7.85. The van der Waals surface area contributed by atoms with E-state index in [1.54, 1.807) is 18.2 Å². The van der Waals surface area contributed by atoms with Gasteiger partial charge in [-0.15, -0.1) is 13.2 Å². The highest BCUT2D eigenvalue weighted by atomic mass is 19.4. The lowest BCUT2D eigenvalue weighted by molar-refractivity contribution is -0.275. The van der Waals surface area contributed by atoms with Gasteiger partial charge in [0.1, 0.15) is 0 Å². The van der Waals surface area contributed by atoms with Crippen molar-refractivity contribution in [3.05, 3.63) is 59.0 Å². The zero-order valence-electron chi connectivity index (χ0n) is 21.1. The Morgan fingerprint density at radius 3 is 2.59 bits per heavy atom. The van der Waals surface area contributed by atoms with Gasteiger partial charge in [0.25, 0.3) is 0 Å². The standard InChI is InChI=1S/C27H29F4N5O3/c28-20-12-15(4-6-22(20)39-27(29,30)31)23(17-2-1-9-33-14-17)24-19-5-3-16(25(32)37)13-21(19)35-26(36-24)34-18-7-10-38-11-8-18/h3-6,12-13,17-18,23,33H,1-2,7-11,14H2,(H2,32,37)(H,34,35,36)/t17-,23+/m1/s1. The lowest BCUT2D eigenvalue weighted by atomic mass is 9.78. The predicted molar refractivity (Wildman–Crippen MR) is 136 cm³/mol. The molecule has 0 spiro atoms. The zero-order valence-corrected chi connectivity index (χ0v) is 21.1. The number of carbonyl (C=O) groups is 1. The first-order valence-electron chi connectivity index (χ1n) is 12.9. The van der Waals surface area contributed by atoms with Crippen LogP contribution in [0.15, 0.2) is 36.4 Å². The fourth-order valence-corrected chi connectivity index (χ4v) is 5.37. The molecular formula is C27H29F4N5O3. The fourth-order valence-electron chi connectivity index (χ4n) is 5.37. The van der Waals surface area contributed by atoms with Crippen LogP contribution in [0.5, 0.6) is 5.75 Å². The van der Waals surface area contributed by atoms with Crippen LogP contribution in [0, 0.1) is 11.7 Å². The lowest BCUT2D eigenvalue weighted by Gasteiger charge is -2.32. The maximum Gasteiger partial charge on any atom is 0.573 e. The molecule has 3 aromatic rings. The molecule has 0 bridgehead atoms. The number of hydrogen-bond acceptors (Lipinski definition) is 7. The Hall–Kier alpha value is -3.51. The molecule has 12 heteroatoms. The molecule has 0 saturated carbocycles. The fraction of sp³-hybridized carbons (Fsp3) is 0.444. The number of amides is 1. The number of alkyl halides is 3. The summed E-state index contributed by atoms with van der Waals surface area (Å²) in [5, 5.41) is 7.37. The molecular weight excluding hydrogens is 518 g/mol. The molecule has 1 amide bonds. The molecule has 0 radical (unpaired) electrons. The average molecular weight is 548 g/mol. The second-order valence-electron chi connectivity index (χ2n) is 9.88. The number of carbonyl (C=O) groups excluding carboxylic acids is 1. The van der Waals surface area contributed by atoms with Gasteiger partial charge in [-0.2, -0.15) is 0 Å². The van der Waals surface area contributed by atoms with E-state index in [0.29, 0.717) is 47.9 Å². The number of rotatable bonds is 7. The number of hydrogen-bond donors (Lipinski definition) is 3. The number of nitrogens with two attached hydrogens (primary N) is 1. The summed E-state index contributed by atoms with van der Waals surface area (Å²) in [6, 6.07) is 8.49. The van der Waals surface area contributed by atoms with E-state index in [1.807, 2.05) is 0 Å². The average Bonchev–Trinajstić information content (AvgIpc) is 2.90. The van der Waals surface area contributed by atoms with Crippen molar-refractivity contribution in [1.29, 1.82) is 0 Å². The maximum atomic E-state index is 14.9. The molecule has 0 unspecified atom stereocenters. The topological polar surface area (TPSA) is 111 Å². The van der Waals surface area contributed by atoms with Gasteiger partial charge in [0, 0.05) is 36.1 Å². The van der Waals surface area contributed by atoms with Gasteiger partial charge in [-0.3, -0.25) is 4.79 Å². The third-order valence-corrected chi connectivity index (χ3v) is 7.21. The van der Waals surface area contributed by atoms with Crippen molar-refractivity contribution in [2.45, 2.75) is 44.0 Å². The Bertz CT molecular complexity index is 1340. The Labute approximate surface area is 222 Å². The van der Waals surface area contributed by atoms with Crippen LogP contribution in [0.1, 0.15) is 53.2 Å². The number of nitrogens with one attached hydrogen (secondary N) is 2. The maximum absolute atomic E-state index is 14.9. The van der Waals surface area contributed by atoms with Gasteiger partial charge in [0.2, 0.25) is 11.9 Å². The lowest BCUT2D eigenvalue weighted by Crippen LogP contribution is -2.34. The SMILES string of the molecule is NC(=O)c1ccc2c([C@@H](c3ccc(OC(F)(F)F)c(F)c3)[C@@H]3CCCNC3)nc(NC3CCOCC3)nc2c1. The molecule has 3 heterocycles. The molecule has 4 N–H and O–H groups in total. The van der Waals surface area contributed by atoms with Gasteiger partial charge in [0.05, 0.1) is 11.2 Å². The second-order valence-corrected chi connectivity index (χ2v) is 9.88. The highest BCUT2D eigenvalue weighted by molar-refractivity contribution is 5.97. The summed E-state index contributed by atoms with van der Waals surface area (Å²) in [6.07, 6.45) is -1.81. The highest BCUT2D eigenvalue weighted by Gasteiger charge is 2.34. The van der Waals surface area contributed by atoms with Crippen LogP contribution in [-0.4, -0.2) is 54.6 Å². The van der Waals surface area contributed by atoms with E-state index >= 15 is 0 Å². The summed E-state index contributed by atoms with van der Waals surface area (Å²) < 4.78 is 62.5. The summed E-state index contributed by atoms with van der Waals surface area (Å²) in [6.45, 7) is 2.65. The minimum absolute atomic E-state index is 0.0302. The highest BCUT2D eigenvalue weighted by Crippen LogP contribution is 2.40. The monoisotopic (exact) mass is 547 g/mol. The molecule has 208 valence electrons. The van der Waals surface area contributed by atoms with E-state index in [4.69, 9.17) is 15.5 Å². The molecule has 8 nitrogen and oxygen atoms in total. The third-order valence-electron chi connectivity index (χ3n) is 7.21. The van der Waals surface area contributed by atoms with Crippen LogP contribution in [0.4, 0.5) is 23.5 Å². The van der Waals surface area contributed by atoms with E-state index < -0.39 is 29.8 Å². The van der Waals surface area contributed by atoms with Crippen molar-refractivity contribution in [3.8, 4) is 5.75 Å². The summed E-state index contributed by atoms with van der Waals surface area (Å²) >= 11 is 0. The Balaban J connectivity index is 1.64. The minimum Gasteiger partial charge on any atom is -0.403 e. The largest absolute Gasteiger partial charge is 0.573 e. The van der Waals surface area contributed by atoms with Crippen molar-refractivity contribution in [2.24, 2.45) is 11.7 Å². The Morgan fingerprint density at radius 1 is 1.13 bits per heavy atom. The van der Waals surface area contributed by atoms with Gasteiger partial charge in [-0.25, -0.2) is 14.4 Å². The van der Waals surface area contributed by atoms with Crippen LogP contribution in [0.3, 0.4) is 0 Å². The molecule has 2 aromatic carbocycles. The first kappa shape index (κ1) is 27.1. The first-order chi connectivity index (χ1) is 18.7. The van der Waals surface area contributed by atoms with E-state index in [0.717, 1.165) is 44.4 Å². The number of halogens is 4. The number of benzene rings is 2. The number of anilines is 1. The molecule has 1 aromatic heterocycles. The number of ether oxygens (including phenoxy) is 2. The molecule has 2 fully saturated rings. The van der Waals surface area contributed by atoms with E-state index in [9.17, 15) is 22.4 Å². The third kappa shape index (κ3) is 6.39. The summed E-state index contributed by atoms with van der Waals surface area (Å²) in [7, 11) is 0. The molecule has 2 atom stereocenters. The van der Waals surface area contributed by atoms with Crippen molar-refractivity contribution < 1.29 is 31.8 Å². The van der Waals surface area contributed by atoms with E-state index in [2.05, 4.69) is 20.4 Å². The zero-order chi connectivity index (χ0) is 27.6. The first-order valence-corrected chi connectivity index (χ1v) is 12.9. The van der Waals surface area contributed by atoms with Gasteiger partial charge in [-0.1, -0.05) is 12.1 Å². The molecule has 0 aliphatic carbocycles. The summed E-state index contributed by atoms with van der Waals surface area (Å²) in [4.78, 5) is 21.5. The van der Waals surface area contributed by atoms with E-state index in [1.165, 1.54) is 6.07 Å². The number of primary amides is 1. The number of fused-ring (bicyclic) bond motifs is 1. The van der Waals surface area contributed by atoms with Gasteiger partial charge >= 0.3 is 6.36 Å². The van der Waals surface area contributed by atoms with Gasteiger partial charge < -0.3 is 25.8 Å². The van der Waals surface area contributed by atoms with Crippen LogP contribution in [0.25, 0.3) is 10.9 Å². The smallest absolute Gasteiger partial charge is 0.403 e. The molecule has 5 rings (SSSR count). The molecule has 2 aliphatic rings. The Morgan fingerprint density at radius 2 is 1.92 bits per heavy atom. The number of piperidine rings is 1. The van der Waals surface area contributed by atoms with Gasteiger partial charge in [-0.05, 0) is 74.5 Å². The summed E-state index contributed by atoms with van der Waals surface area (Å²) in [5.41, 5.74) is 7.33. The summed E-state index contributed by atoms with van der Waals surface area (Å²) in [5.74, 6) is -2.78. The quantitative estimate of drug-likeness (QED) is 0.374. The van der Waals surface area contributed by atoms with Crippen LogP contribution in [0.2, 0.25) is 0 Å². The van der Waals surface area contributed by atoms with Crippen molar-refractivity contribution in [2.75, 3.05) is 31.6 Å². The van der Waals surface area contributed by atoms with Crippen molar-refractivity contribution >= 4 is 22.8 Å². The van der Waals surface area contributed by atoms with Crippen LogP contribution in [-0.2, 0) is 4.74 Å². The number of nitrogens with zero attached hydrogens (tertiary/aromatic N) is 2. The van der Waals surface area contributed by atoms with Crippen LogP contribution < -0.4 is 21.1 Å².